The fourth-order valence-electron chi connectivity index (χ4n) is 2.77. The molecule has 0 atom stereocenters. The van der Waals surface area contributed by atoms with Crippen molar-refractivity contribution in [2.75, 3.05) is 13.1 Å². The van der Waals surface area contributed by atoms with Gasteiger partial charge in [0.05, 0.1) is 17.1 Å². The summed E-state index contributed by atoms with van der Waals surface area (Å²) in [5.74, 6) is 0.520. The molecule has 0 amide bonds. The molecule has 5 heteroatoms. The zero-order valence-corrected chi connectivity index (χ0v) is 14.3. The van der Waals surface area contributed by atoms with Crippen molar-refractivity contribution in [3.63, 3.8) is 0 Å². The molecule has 2 aromatic rings. The van der Waals surface area contributed by atoms with Gasteiger partial charge in [-0.05, 0) is 29.5 Å². The maximum Gasteiger partial charge on any atom is 0.168 e. The molecule has 2 aliphatic rings. The van der Waals surface area contributed by atoms with Gasteiger partial charge in [0.15, 0.2) is 5.17 Å². The third-order valence-corrected chi connectivity index (χ3v) is 6.50. The summed E-state index contributed by atoms with van der Waals surface area (Å²) in [7, 11) is 0. The average molecular weight is 335 g/mol. The normalized spacial score (nSPS) is 18.1. The predicted molar refractivity (Wildman–Crippen MR) is 95.2 cm³/mol. The Hall–Kier alpha value is -0.970. The van der Waals surface area contributed by atoms with Crippen molar-refractivity contribution in [2.24, 2.45) is 10.9 Å². The number of rotatable bonds is 2. The van der Waals surface area contributed by atoms with E-state index in [4.69, 9.17) is 11.6 Å². The van der Waals surface area contributed by atoms with Crippen molar-refractivity contribution in [1.29, 1.82) is 0 Å². The SMILES string of the molecule is CC(C)C1=C(c2cc3ccc(Cl)cc3s2)N2CCN=C2S1. The van der Waals surface area contributed by atoms with Gasteiger partial charge in [0, 0.05) is 21.2 Å². The number of thiophene rings is 1. The first-order valence-electron chi connectivity index (χ1n) is 7.07. The lowest BCUT2D eigenvalue weighted by Crippen LogP contribution is -2.19. The van der Waals surface area contributed by atoms with Gasteiger partial charge in [-0.2, -0.15) is 0 Å². The molecule has 0 unspecified atom stereocenters. The number of halogens is 1. The lowest BCUT2D eigenvalue weighted by Gasteiger charge is -2.16. The topological polar surface area (TPSA) is 15.6 Å². The zero-order valence-electron chi connectivity index (χ0n) is 11.9. The van der Waals surface area contributed by atoms with Crippen molar-refractivity contribution in [1.82, 2.24) is 4.90 Å². The highest BCUT2D eigenvalue weighted by Crippen LogP contribution is 2.47. The Morgan fingerprint density at radius 1 is 1.29 bits per heavy atom. The summed E-state index contributed by atoms with van der Waals surface area (Å²) in [5.41, 5.74) is 1.36. The molecule has 0 radical (unpaired) electrons. The van der Waals surface area contributed by atoms with Crippen LogP contribution in [-0.4, -0.2) is 23.2 Å². The minimum Gasteiger partial charge on any atom is -0.317 e. The van der Waals surface area contributed by atoms with Crippen molar-refractivity contribution in [3.8, 4) is 0 Å². The van der Waals surface area contributed by atoms with Crippen LogP contribution in [0.4, 0.5) is 0 Å². The highest BCUT2D eigenvalue weighted by Gasteiger charge is 2.34. The summed E-state index contributed by atoms with van der Waals surface area (Å²) in [6.45, 7) is 6.43. The van der Waals surface area contributed by atoms with E-state index in [2.05, 4.69) is 41.9 Å². The van der Waals surface area contributed by atoms with Gasteiger partial charge < -0.3 is 4.90 Å². The monoisotopic (exact) mass is 334 g/mol. The molecular formula is C16H15ClN2S2. The van der Waals surface area contributed by atoms with Gasteiger partial charge in [-0.15, -0.1) is 11.3 Å². The van der Waals surface area contributed by atoms with Gasteiger partial charge in [0.2, 0.25) is 0 Å². The summed E-state index contributed by atoms with van der Waals surface area (Å²) in [6.07, 6.45) is 0. The molecule has 0 fully saturated rings. The maximum atomic E-state index is 6.12. The van der Waals surface area contributed by atoms with E-state index >= 15 is 0 Å². The average Bonchev–Trinajstić information content (AvgIpc) is 3.09. The number of hydrogen-bond acceptors (Lipinski definition) is 4. The molecule has 1 aromatic carbocycles. The third kappa shape index (κ3) is 2.20. The summed E-state index contributed by atoms with van der Waals surface area (Å²) < 4.78 is 1.25. The number of amidine groups is 1. The van der Waals surface area contributed by atoms with Crippen molar-refractivity contribution >= 4 is 55.7 Å². The molecule has 0 spiro atoms. The molecule has 1 aromatic heterocycles. The maximum absolute atomic E-state index is 6.12. The fraction of sp³-hybridized carbons (Fsp3) is 0.312. The number of hydrogen-bond donors (Lipinski definition) is 0. The Balaban J connectivity index is 1.88. The summed E-state index contributed by atoms with van der Waals surface area (Å²) in [4.78, 5) is 9.77. The van der Waals surface area contributed by atoms with E-state index in [1.54, 1.807) is 0 Å². The smallest absolute Gasteiger partial charge is 0.168 e. The molecule has 3 heterocycles. The molecule has 21 heavy (non-hydrogen) atoms. The highest BCUT2D eigenvalue weighted by molar-refractivity contribution is 8.17. The van der Waals surface area contributed by atoms with E-state index in [-0.39, 0.29) is 0 Å². The molecule has 0 saturated carbocycles. The number of nitrogens with zero attached hydrogens (tertiary/aromatic N) is 2. The summed E-state index contributed by atoms with van der Waals surface area (Å²) >= 11 is 9.78. The zero-order chi connectivity index (χ0) is 14.6. The van der Waals surface area contributed by atoms with E-state index < -0.39 is 0 Å². The van der Waals surface area contributed by atoms with Crippen molar-refractivity contribution in [2.45, 2.75) is 13.8 Å². The standard InChI is InChI=1S/C16H15ClN2S2/c1-9(2)15-14(19-6-5-18-16(19)21-15)13-7-10-3-4-11(17)8-12(10)20-13/h3-4,7-9H,5-6H2,1-2H3. The van der Waals surface area contributed by atoms with Crippen molar-refractivity contribution < 1.29 is 0 Å². The van der Waals surface area contributed by atoms with E-state index in [1.165, 1.54) is 30.7 Å². The summed E-state index contributed by atoms with van der Waals surface area (Å²) in [5, 5.41) is 3.24. The predicted octanol–water partition coefficient (Wildman–Crippen LogP) is 5.30. The number of aliphatic imine (C=N–C) groups is 1. The first kappa shape index (κ1) is 13.7. The quantitative estimate of drug-likeness (QED) is 0.740. The Morgan fingerprint density at radius 3 is 2.95 bits per heavy atom. The molecule has 0 bridgehead atoms. The number of allylic oxidation sites excluding steroid dienone is 1. The summed E-state index contributed by atoms with van der Waals surface area (Å²) in [6, 6.07) is 8.41. The third-order valence-electron chi connectivity index (χ3n) is 3.75. The van der Waals surface area contributed by atoms with Crippen LogP contribution in [0.3, 0.4) is 0 Å². The van der Waals surface area contributed by atoms with Crippen LogP contribution in [-0.2, 0) is 0 Å². The Kier molecular flexibility index (Phi) is 3.28. The van der Waals surface area contributed by atoms with E-state index in [1.807, 2.05) is 29.2 Å². The Labute approximate surface area is 137 Å². The Bertz CT molecular complexity index is 789. The fourth-order valence-corrected chi connectivity index (χ4v) is 5.44. The van der Waals surface area contributed by atoms with E-state index in [0.717, 1.165) is 18.1 Å². The highest BCUT2D eigenvalue weighted by atomic mass is 35.5. The molecule has 0 aliphatic carbocycles. The van der Waals surface area contributed by atoms with Crippen LogP contribution < -0.4 is 0 Å². The van der Waals surface area contributed by atoms with Gasteiger partial charge >= 0.3 is 0 Å². The van der Waals surface area contributed by atoms with Crippen LogP contribution in [0, 0.1) is 5.92 Å². The molecule has 2 nitrogen and oxygen atoms in total. The van der Waals surface area contributed by atoms with E-state index in [9.17, 15) is 0 Å². The lowest BCUT2D eigenvalue weighted by molar-refractivity contribution is 0.642. The first-order valence-corrected chi connectivity index (χ1v) is 9.08. The van der Waals surface area contributed by atoms with Gasteiger partial charge in [0.1, 0.15) is 0 Å². The van der Waals surface area contributed by atoms with Crippen LogP contribution in [0.5, 0.6) is 0 Å². The largest absolute Gasteiger partial charge is 0.317 e. The van der Waals surface area contributed by atoms with Gasteiger partial charge in [-0.3, -0.25) is 4.99 Å². The van der Waals surface area contributed by atoms with Crippen LogP contribution >= 0.6 is 34.7 Å². The number of thioether (sulfide) groups is 1. The second-order valence-corrected chi connectivity index (χ2v) is 8.11. The lowest BCUT2D eigenvalue weighted by atomic mass is 10.1. The molecular weight excluding hydrogens is 320 g/mol. The molecule has 0 saturated heterocycles. The first-order chi connectivity index (χ1) is 10.1. The second-order valence-electron chi connectivity index (χ2n) is 5.58. The van der Waals surface area contributed by atoms with Crippen LogP contribution in [0.25, 0.3) is 15.8 Å². The minimum absolute atomic E-state index is 0.520. The van der Waals surface area contributed by atoms with Crippen LogP contribution in [0.15, 0.2) is 34.2 Å². The molecule has 2 aliphatic heterocycles. The molecule has 0 N–H and O–H groups in total. The van der Waals surface area contributed by atoms with E-state index in [0.29, 0.717) is 5.92 Å². The molecule has 4 rings (SSSR count). The van der Waals surface area contributed by atoms with Gasteiger partial charge in [0.25, 0.3) is 0 Å². The number of benzene rings is 1. The Morgan fingerprint density at radius 2 is 2.14 bits per heavy atom. The van der Waals surface area contributed by atoms with Crippen molar-refractivity contribution in [3.05, 3.63) is 39.1 Å². The van der Waals surface area contributed by atoms with Crippen LogP contribution in [0.2, 0.25) is 5.02 Å². The van der Waals surface area contributed by atoms with Crippen LogP contribution in [0.1, 0.15) is 18.7 Å². The number of fused-ring (bicyclic) bond motifs is 2. The van der Waals surface area contributed by atoms with Gasteiger partial charge in [-0.1, -0.05) is 43.3 Å². The van der Waals surface area contributed by atoms with Gasteiger partial charge in [-0.25, -0.2) is 0 Å². The second kappa shape index (κ2) is 5.04. The molecule has 108 valence electrons. The minimum atomic E-state index is 0.520.